The Kier molecular flexibility index (Phi) is 13.3. The Bertz CT molecular complexity index is 1680. The smallest absolute Gasteiger partial charge is 0.323 e. The second kappa shape index (κ2) is 16.5. The monoisotopic (exact) mass is 688 g/mol. The number of rotatable bonds is 16. The van der Waals surface area contributed by atoms with E-state index in [1.807, 2.05) is 45.0 Å². The van der Waals surface area contributed by atoms with Gasteiger partial charge in [-0.05, 0) is 57.2 Å². The van der Waals surface area contributed by atoms with Crippen LogP contribution in [0.3, 0.4) is 0 Å². The number of nitrogen functional groups attached to an aromatic ring is 1. The van der Waals surface area contributed by atoms with Crippen molar-refractivity contribution in [3.8, 4) is 0 Å². The summed E-state index contributed by atoms with van der Waals surface area (Å²) < 4.78 is 34.8. The molecule has 250 valence electrons. The third-order valence-electron chi connectivity index (χ3n) is 7.77. The molecule has 3 N–H and O–H groups in total. The summed E-state index contributed by atoms with van der Waals surface area (Å²) in [5.41, 5.74) is 9.14. The molecule has 2 atom stereocenters. The first-order valence-electron chi connectivity index (χ1n) is 14.9. The van der Waals surface area contributed by atoms with Crippen molar-refractivity contribution in [3.05, 3.63) is 65.3 Å². The van der Waals surface area contributed by atoms with Crippen molar-refractivity contribution < 1.29 is 22.7 Å². The van der Waals surface area contributed by atoms with Crippen LogP contribution in [0.1, 0.15) is 51.4 Å². The van der Waals surface area contributed by atoms with E-state index in [0.717, 1.165) is 29.5 Å². The summed E-state index contributed by atoms with van der Waals surface area (Å²) in [4.78, 5) is 37.1. The number of amides is 1. The van der Waals surface area contributed by atoms with Gasteiger partial charge in [-0.25, -0.2) is 18.4 Å². The first-order valence-corrected chi connectivity index (χ1v) is 17.4. The van der Waals surface area contributed by atoms with Gasteiger partial charge < -0.3 is 20.3 Å². The summed E-state index contributed by atoms with van der Waals surface area (Å²) in [5.74, 6) is 0.109. The molecule has 0 saturated carbocycles. The van der Waals surface area contributed by atoms with Crippen LogP contribution in [0.25, 0.3) is 10.8 Å². The van der Waals surface area contributed by atoms with Crippen LogP contribution in [0.2, 0.25) is 0 Å². The van der Waals surface area contributed by atoms with Crippen LogP contribution in [0.5, 0.6) is 0 Å². The quantitative estimate of drug-likeness (QED) is 0.0727. The van der Waals surface area contributed by atoms with Crippen molar-refractivity contribution in [3.63, 3.8) is 0 Å². The third kappa shape index (κ3) is 9.60. The number of nitrogens with one attached hydrogen (secondary N) is 1. The van der Waals surface area contributed by atoms with Crippen LogP contribution < -0.4 is 15.4 Å². The molecule has 0 radical (unpaired) electrons. The number of benzene rings is 2. The Morgan fingerprint density at radius 1 is 1.11 bits per heavy atom. The van der Waals surface area contributed by atoms with E-state index in [-0.39, 0.29) is 28.5 Å². The number of thiol groups is 2. The standard InChI is InChI=1S/C32H44N6O5S3/c1-20(13-14-30(44)45)25(22(3)38(19-39)18-24-17-34-23(4)35-31(24)33)15-16-43-32(40)21(2)36-46(41,42)29-12-8-9-26-27(29)10-7-11-28(26)37(5)6/h7-12,17,19-21,30,36,44-45H,13-16,18H2,1-6H3,(H2,33,34,35). The molecule has 0 saturated heterocycles. The number of hydrogen-bond donors (Lipinski definition) is 4. The first-order chi connectivity index (χ1) is 21.7. The molecular weight excluding hydrogens is 645 g/mol. The number of ether oxygens (including phenoxy) is 1. The molecule has 1 aromatic heterocycles. The molecule has 3 rings (SSSR count). The number of aromatic nitrogens is 2. The zero-order valence-electron chi connectivity index (χ0n) is 27.1. The third-order valence-corrected chi connectivity index (χ3v) is 9.88. The highest BCUT2D eigenvalue weighted by molar-refractivity contribution is 7.99. The molecule has 2 aromatic carbocycles. The fourth-order valence-corrected chi connectivity index (χ4v) is 6.93. The molecule has 0 bridgehead atoms. The molecule has 0 fully saturated rings. The SMILES string of the molecule is CC(=C(CCOC(=O)C(C)NS(=O)(=O)c1cccc2c(N(C)C)cccc12)C(C)CCC(S)S)N(C=O)Cc1cnc(C)nc1N. The topological polar surface area (TPSA) is 148 Å². The maximum absolute atomic E-state index is 13.4. The van der Waals surface area contributed by atoms with E-state index in [9.17, 15) is 18.0 Å². The maximum atomic E-state index is 13.4. The molecule has 0 aliphatic carbocycles. The van der Waals surface area contributed by atoms with Gasteiger partial charge in [0.25, 0.3) is 0 Å². The second-order valence-corrected chi connectivity index (χ2v) is 14.8. The van der Waals surface area contributed by atoms with Crippen molar-refractivity contribution in [1.82, 2.24) is 19.6 Å². The normalized spacial score (nSPS) is 13.7. The molecule has 1 heterocycles. The number of nitrogens with two attached hydrogens (primary N) is 1. The Labute approximate surface area is 282 Å². The summed E-state index contributed by atoms with van der Waals surface area (Å²) in [5, 5.41) is 1.32. The molecule has 0 aliphatic heterocycles. The van der Waals surface area contributed by atoms with Crippen LogP contribution in [0.15, 0.2) is 58.8 Å². The van der Waals surface area contributed by atoms with Gasteiger partial charge in [0.1, 0.15) is 17.7 Å². The van der Waals surface area contributed by atoms with Crippen molar-refractivity contribution in [1.29, 1.82) is 0 Å². The molecule has 14 heteroatoms. The van der Waals surface area contributed by atoms with Gasteiger partial charge in [-0.2, -0.15) is 30.0 Å². The molecule has 11 nitrogen and oxygen atoms in total. The van der Waals surface area contributed by atoms with E-state index in [0.29, 0.717) is 41.1 Å². The lowest BCUT2D eigenvalue weighted by molar-refractivity contribution is -0.145. The Hall–Kier alpha value is -3.33. The average molecular weight is 689 g/mol. The molecule has 3 aromatic rings. The van der Waals surface area contributed by atoms with Gasteiger partial charge in [-0.1, -0.05) is 31.2 Å². The van der Waals surface area contributed by atoms with Crippen LogP contribution in [0, 0.1) is 12.8 Å². The number of anilines is 2. The molecule has 1 amide bonds. The minimum Gasteiger partial charge on any atom is -0.464 e. The van der Waals surface area contributed by atoms with E-state index in [4.69, 9.17) is 10.5 Å². The lowest BCUT2D eigenvalue weighted by Crippen LogP contribution is -2.39. The van der Waals surface area contributed by atoms with Crippen molar-refractivity contribution >= 4 is 69.9 Å². The predicted molar refractivity (Wildman–Crippen MR) is 189 cm³/mol. The first kappa shape index (κ1) is 37.1. The number of aryl methyl sites for hydroxylation is 1. The van der Waals surface area contributed by atoms with Crippen molar-refractivity contribution in [2.24, 2.45) is 5.92 Å². The van der Waals surface area contributed by atoms with Gasteiger partial charge in [0.15, 0.2) is 0 Å². The number of allylic oxidation sites excluding steroid dienone is 1. The Morgan fingerprint density at radius 3 is 2.41 bits per heavy atom. The second-order valence-electron chi connectivity index (χ2n) is 11.4. The molecule has 0 aliphatic rings. The zero-order valence-corrected chi connectivity index (χ0v) is 29.7. The van der Waals surface area contributed by atoms with Gasteiger partial charge in [-0.3, -0.25) is 9.59 Å². The van der Waals surface area contributed by atoms with E-state index in [1.54, 1.807) is 31.3 Å². The van der Waals surface area contributed by atoms with Crippen LogP contribution in [-0.4, -0.2) is 67.0 Å². The molecule has 2 unspecified atom stereocenters. The predicted octanol–water partition coefficient (Wildman–Crippen LogP) is 4.72. The van der Waals surface area contributed by atoms with Crippen LogP contribution in [-0.2, 0) is 30.9 Å². The Balaban J connectivity index is 1.76. The fraction of sp³-hybridized carbons (Fsp3) is 0.438. The number of carbonyl (C=O) groups excluding carboxylic acids is 2. The largest absolute Gasteiger partial charge is 0.464 e. The zero-order chi connectivity index (χ0) is 34.2. The molecule has 0 spiro atoms. The summed E-state index contributed by atoms with van der Waals surface area (Å²) in [7, 11) is -0.293. The van der Waals surface area contributed by atoms with E-state index in [1.165, 1.54) is 17.9 Å². The van der Waals surface area contributed by atoms with Crippen molar-refractivity contribution in [2.45, 2.75) is 69.0 Å². The number of sulfonamides is 1. The summed E-state index contributed by atoms with van der Waals surface area (Å²) in [6, 6.07) is 9.35. The van der Waals surface area contributed by atoms with E-state index in [2.05, 4.69) is 39.9 Å². The van der Waals surface area contributed by atoms with Crippen LogP contribution in [0.4, 0.5) is 11.5 Å². The Morgan fingerprint density at radius 2 is 1.78 bits per heavy atom. The number of nitrogens with zero attached hydrogens (tertiary/aromatic N) is 4. The van der Waals surface area contributed by atoms with Crippen LogP contribution >= 0.6 is 25.3 Å². The fourth-order valence-electron chi connectivity index (χ4n) is 5.21. The van der Waals surface area contributed by atoms with Crippen molar-refractivity contribution in [2.75, 3.05) is 31.3 Å². The lowest BCUT2D eigenvalue weighted by Gasteiger charge is -2.26. The minimum atomic E-state index is -4.07. The molecule has 46 heavy (non-hydrogen) atoms. The van der Waals surface area contributed by atoms with Gasteiger partial charge >= 0.3 is 5.97 Å². The van der Waals surface area contributed by atoms with Gasteiger partial charge in [0.2, 0.25) is 16.4 Å². The van der Waals surface area contributed by atoms with E-state index < -0.39 is 22.0 Å². The summed E-state index contributed by atoms with van der Waals surface area (Å²) in [6.45, 7) is 7.19. The average Bonchev–Trinajstić information content (AvgIpc) is 3.00. The maximum Gasteiger partial charge on any atom is 0.323 e. The highest BCUT2D eigenvalue weighted by atomic mass is 32.2. The number of carbonyl (C=O) groups is 2. The van der Waals surface area contributed by atoms with Gasteiger partial charge in [0.05, 0.1) is 18.0 Å². The number of hydrogen-bond acceptors (Lipinski definition) is 11. The minimum absolute atomic E-state index is 0.00362. The number of esters is 1. The highest BCUT2D eigenvalue weighted by Crippen LogP contribution is 2.31. The van der Waals surface area contributed by atoms with Gasteiger partial charge in [0, 0.05) is 59.0 Å². The molecular formula is C32H44N6O5S3. The van der Waals surface area contributed by atoms with Gasteiger partial charge in [-0.15, -0.1) is 0 Å². The van der Waals surface area contributed by atoms with E-state index >= 15 is 0 Å². The number of fused-ring (bicyclic) bond motifs is 1. The highest BCUT2D eigenvalue weighted by Gasteiger charge is 2.26. The summed E-state index contributed by atoms with van der Waals surface area (Å²) in [6.07, 6.45) is 4.09. The lowest BCUT2D eigenvalue weighted by atomic mass is 9.92. The summed E-state index contributed by atoms with van der Waals surface area (Å²) >= 11 is 8.76.